The number of Topliss-reactive ketones (excluding diaryl/α,β-unsaturated/α-hetero) is 1. The van der Waals surface area contributed by atoms with Gasteiger partial charge in [-0.15, -0.1) is 0 Å². The van der Waals surface area contributed by atoms with Crippen molar-refractivity contribution in [2.75, 3.05) is 6.61 Å². The van der Waals surface area contributed by atoms with Gasteiger partial charge in [0.25, 0.3) is 0 Å². The molecule has 0 heterocycles. The standard InChI is InChI=1S/C10H15F3O2/c1-7(10(11,12)13)15-6-5-8-3-2-4-9(8)14/h7-8H,2-6H2,1H3. The van der Waals surface area contributed by atoms with Crippen molar-refractivity contribution in [3.63, 3.8) is 0 Å². The van der Waals surface area contributed by atoms with Crippen molar-refractivity contribution >= 4 is 5.78 Å². The topological polar surface area (TPSA) is 26.3 Å². The van der Waals surface area contributed by atoms with Gasteiger partial charge in [0.05, 0.1) is 0 Å². The number of hydrogen-bond acceptors (Lipinski definition) is 2. The summed E-state index contributed by atoms with van der Waals surface area (Å²) < 4.78 is 40.7. The molecule has 0 bridgehead atoms. The molecular formula is C10H15F3O2. The molecule has 0 N–H and O–H groups in total. The highest BCUT2D eigenvalue weighted by atomic mass is 19.4. The third-order valence-corrected chi connectivity index (χ3v) is 2.73. The van der Waals surface area contributed by atoms with Crippen molar-refractivity contribution in [1.29, 1.82) is 0 Å². The van der Waals surface area contributed by atoms with Gasteiger partial charge in [-0.25, -0.2) is 0 Å². The molecule has 0 radical (unpaired) electrons. The molecule has 0 aliphatic heterocycles. The van der Waals surface area contributed by atoms with Gasteiger partial charge in [0.2, 0.25) is 0 Å². The van der Waals surface area contributed by atoms with Gasteiger partial charge in [-0.1, -0.05) is 0 Å². The monoisotopic (exact) mass is 224 g/mol. The molecule has 15 heavy (non-hydrogen) atoms. The number of ketones is 1. The lowest BCUT2D eigenvalue weighted by Gasteiger charge is -2.17. The molecule has 2 atom stereocenters. The van der Waals surface area contributed by atoms with Crippen LogP contribution >= 0.6 is 0 Å². The fraction of sp³-hybridized carbons (Fsp3) is 0.900. The molecule has 0 saturated heterocycles. The van der Waals surface area contributed by atoms with Crippen LogP contribution in [0.3, 0.4) is 0 Å². The number of hydrogen-bond donors (Lipinski definition) is 0. The van der Waals surface area contributed by atoms with Crippen molar-refractivity contribution in [2.24, 2.45) is 5.92 Å². The van der Waals surface area contributed by atoms with Crippen LogP contribution < -0.4 is 0 Å². The van der Waals surface area contributed by atoms with Crippen LogP contribution in [-0.2, 0) is 9.53 Å². The Morgan fingerprint density at radius 1 is 1.53 bits per heavy atom. The molecule has 0 aromatic heterocycles. The summed E-state index contributed by atoms with van der Waals surface area (Å²) in [5.74, 6) is 0.0868. The first-order chi connectivity index (χ1) is 6.91. The highest BCUT2D eigenvalue weighted by Crippen LogP contribution is 2.26. The van der Waals surface area contributed by atoms with Gasteiger partial charge < -0.3 is 4.74 Å². The summed E-state index contributed by atoms with van der Waals surface area (Å²) in [6.45, 7) is 0.994. The third-order valence-electron chi connectivity index (χ3n) is 2.73. The number of carbonyl (C=O) groups is 1. The van der Waals surface area contributed by atoms with Gasteiger partial charge in [0, 0.05) is 18.9 Å². The Balaban J connectivity index is 2.19. The number of ether oxygens (including phenoxy) is 1. The normalized spacial score (nSPS) is 24.5. The van der Waals surface area contributed by atoms with Crippen LogP contribution in [0.2, 0.25) is 0 Å². The highest BCUT2D eigenvalue weighted by Gasteiger charge is 2.37. The van der Waals surface area contributed by atoms with Crippen LogP contribution in [-0.4, -0.2) is 24.7 Å². The molecule has 1 aliphatic rings. The molecule has 2 unspecified atom stereocenters. The summed E-state index contributed by atoms with van der Waals surface area (Å²) in [6, 6.07) is 0. The van der Waals surface area contributed by atoms with E-state index in [4.69, 9.17) is 0 Å². The van der Waals surface area contributed by atoms with E-state index in [1.54, 1.807) is 0 Å². The Morgan fingerprint density at radius 3 is 2.67 bits per heavy atom. The second kappa shape index (κ2) is 4.96. The van der Waals surface area contributed by atoms with Crippen molar-refractivity contribution in [2.45, 2.75) is 44.9 Å². The van der Waals surface area contributed by atoms with E-state index in [-0.39, 0.29) is 18.3 Å². The Labute approximate surface area is 86.8 Å². The number of rotatable bonds is 4. The van der Waals surface area contributed by atoms with Crippen LogP contribution in [0.1, 0.15) is 32.6 Å². The number of alkyl halides is 3. The number of halogens is 3. The summed E-state index contributed by atoms with van der Waals surface area (Å²) in [6.07, 6.45) is -3.41. The molecular weight excluding hydrogens is 209 g/mol. The summed E-state index contributed by atoms with van der Waals surface area (Å²) >= 11 is 0. The summed E-state index contributed by atoms with van der Waals surface area (Å²) in [7, 11) is 0. The molecule has 1 saturated carbocycles. The smallest absolute Gasteiger partial charge is 0.369 e. The molecule has 5 heteroatoms. The van der Waals surface area contributed by atoms with Crippen molar-refractivity contribution in [3.8, 4) is 0 Å². The first-order valence-corrected chi connectivity index (χ1v) is 5.12. The summed E-state index contributed by atoms with van der Waals surface area (Å²) in [5.41, 5.74) is 0. The van der Waals surface area contributed by atoms with Gasteiger partial charge in [0.1, 0.15) is 5.78 Å². The van der Waals surface area contributed by atoms with E-state index in [1.807, 2.05) is 0 Å². The summed E-state index contributed by atoms with van der Waals surface area (Å²) in [4.78, 5) is 11.2. The minimum Gasteiger partial charge on any atom is -0.369 e. The van der Waals surface area contributed by atoms with E-state index >= 15 is 0 Å². The molecule has 0 spiro atoms. The van der Waals surface area contributed by atoms with E-state index in [9.17, 15) is 18.0 Å². The molecule has 88 valence electrons. The lowest BCUT2D eigenvalue weighted by Crippen LogP contribution is -2.29. The van der Waals surface area contributed by atoms with Crippen LogP contribution in [0.4, 0.5) is 13.2 Å². The van der Waals surface area contributed by atoms with Crippen molar-refractivity contribution < 1.29 is 22.7 Å². The van der Waals surface area contributed by atoms with E-state index in [0.717, 1.165) is 19.8 Å². The first kappa shape index (κ1) is 12.5. The first-order valence-electron chi connectivity index (χ1n) is 5.12. The van der Waals surface area contributed by atoms with Crippen LogP contribution in [0.25, 0.3) is 0 Å². The van der Waals surface area contributed by atoms with Gasteiger partial charge in [-0.3, -0.25) is 4.79 Å². The Bertz CT molecular complexity index is 225. The Kier molecular flexibility index (Phi) is 4.13. The SMILES string of the molecule is CC(OCCC1CCCC1=O)C(F)(F)F. The zero-order chi connectivity index (χ0) is 11.5. The second-order valence-electron chi connectivity index (χ2n) is 3.90. The average Bonchev–Trinajstić information content (AvgIpc) is 2.50. The number of carbonyl (C=O) groups excluding carboxylic acids is 1. The van der Waals surface area contributed by atoms with Crippen molar-refractivity contribution in [1.82, 2.24) is 0 Å². The fourth-order valence-corrected chi connectivity index (χ4v) is 1.67. The van der Waals surface area contributed by atoms with E-state index in [1.165, 1.54) is 0 Å². The largest absolute Gasteiger partial charge is 0.414 e. The van der Waals surface area contributed by atoms with Crippen LogP contribution in [0, 0.1) is 5.92 Å². The third kappa shape index (κ3) is 3.81. The van der Waals surface area contributed by atoms with E-state index in [2.05, 4.69) is 4.74 Å². The minimum absolute atomic E-state index is 0.0110. The second-order valence-corrected chi connectivity index (χ2v) is 3.90. The quantitative estimate of drug-likeness (QED) is 0.733. The Hall–Kier alpha value is -0.580. The molecule has 0 amide bonds. The predicted octanol–water partition coefficient (Wildman–Crippen LogP) is 2.71. The molecule has 2 nitrogen and oxygen atoms in total. The maximum atomic E-state index is 12.0. The van der Waals surface area contributed by atoms with Crippen LogP contribution in [0.15, 0.2) is 0 Å². The lowest BCUT2D eigenvalue weighted by atomic mass is 10.0. The van der Waals surface area contributed by atoms with Gasteiger partial charge in [0.15, 0.2) is 6.10 Å². The predicted molar refractivity (Wildman–Crippen MR) is 48.4 cm³/mol. The van der Waals surface area contributed by atoms with E-state index in [0.29, 0.717) is 12.8 Å². The fourth-order valence-electron chi connectivity index (χ4n) is 1.67. The molecule has 1 aliphatic carbocycles. The van der Waals surface area contributed by atoms with Gasteiger partial charge >= 0.3 is 6.18 Å². The zero-order valence-corrected chi connectivity index (χ0v) is 8.64. The van der Waals surface area contributed by atoms with Crippen molar-refractivity contribution in [3.05, 3.63) is 0 Å². The average molecular weight is 224 g/mol. The van der Waals surface area contributed by atoms with Gasteiger partial charge in [-0.05, 0) is 26.2 Å². The molecule has 1 rings (SSSR count). The zero-order valence-electron chi connectivity index (χ0n) is 8.64. The van der Waals surface area contributed by atoms with E-state index < -0.39 is 12.3 Å². The molecule has 0 aromatic rings. The minimum atomic E-state index is -4.31. The lowest BCUT2D eigenvalue weighted by molar-refractivity contribution is -0.214. The molecule has 1 fully saturated rings. The van der Waals surface area contributed by atoms with Gasteiger partial charge in [-0.2, -0.15) is 13.2 Å². The highest BCUT2D eigenvalue weighted by molar-refractivity contribution is 5.82. The Morgan fingerprint density at radius 2 is 2.20 bits per heavy atom. The summed E-state index contributed by atoms with van der Waals surface area (Å²) in [5, 5.41) is 0. The maximum absolute atomic E-state index is 12.0. The molecule has 0 aromatic carbocycles. The van der Waals surface area contributed by atoms with Crippen LogP contribution in [0.5, 0.6) is 0 Å². The maximum Gasteiger partial charge on any atom is 0.414 e.